The second kappa shape index (κ2) is 5.97. The van der Waals surface area contributed by atoms with Gasteiger partial charge in [-0.05, 0) is 6.92 Å². The molecule has 0 amide bonds. The maximum Gasteiger partial charge on any atom is 0.418 e. The Kier molecular flexibility index (Phi) is 4.42. The molecule has 1 saturated heterocycles. The molecule has 7 nitrogen and oxygen atoms in total. The molecule has 0 atom stereocenters. The van der Waals surface area contributed by atoms with Gasteiger partial charge in [-0.15, -0.1) is 0 Å². The Labute approximate surface area is 123 Å². The minimum atomic E-state index is -4.75. The van der Waals surface area contributed by atoms with E-state index in [-0.39, 0.29) is 11.3 Å². The largest absolute Gasteiger partial charge is 0.418 e. The number of nitro groups is 1. The van der Waals surface area contributed by atoms with Gasteiger partial charge < -0.3 is 15.9 Å². The molecule has 1 aliphatic heterocycles. The summed E-state index contributed by atoms with van der Waals surface area (Å²) in [4.78, 5) is 10.3. The van der Waals surface area contributed by atoms with E-state index in [1.165, 1.54) is 6.92 Å². The number of alkyl halides is 3. The summed E-state index contributed by atoms with van der Waals surface area (Å²) in [5, 5.41) is 12.8. The standard InChI is InChI=1S/C12H15F3N4O3/c1-7-10(16)8(12(13,14)15)6-9(19(20)21)11(7)17-18-2-4-22-5-3-18/h6,17H,2-5,16H2,1H3. The molecule has 1 aliphatic rings. The van der Waals surface area contributed by atoms with Gasteiger partial charge in [-0.1, -0.05) is 0 Å². The van der Waals surface area contributed by atoms with Gasteiger partial charge in [-0.3, -0.25) is 10.1 Å². The first kappa shape index (κ1) is 16.3. The number of ether oxygens (including phenoxy) is 1. The SMILES string of the molecule is Cc1c(N)c(C(F)(F)F)cc([N+](=O)[O-])c1NN1CCOCC1. The Morgan fingerprint density at radius 1 is 1.41 bits per heavy atom. The summed E-state index contributed by atoms with van der Waals surface area (Å²) in [6.45, 7) is 3.08. The first-order chi connectivity index (χ1) is 10.2. The van der Waals surface area contributed by atoms with Crippen molar-refractivity contribution in [3.05, 3.63) is 27.3 Å². The molecule has 0 aromatic heterocycles. The average molecular weight is 320 g/mol. The van der Waals surface area contributed by atoms with Crippen molar-refractivity contribution in [2.75, 3.05) is 37.5 Å². The summed E-state index contributed by atoms with van der Waals surface area (Å²) in [6.07, 6.45) is -4.75. The van der Waals surface area contributed by atoms with E-state index in [1.807, 2.05) is 0 Å². The van der Waals surface area contributed by atoms with Gasteiger partial charge in [-0.2, -0.15) is 13.2 Å². The number of nitro benzene ring substituents is 1. The monoisotopic (exact) mass is 320 g/mol. The Balaban J connectivity index is 2.47. The van der Waals surface area contributed by atoms with Gasteiger partial charge in [0.15, 0.2) is 0 Å². The molecule has 122 valence electrons. The molecular formula is C12H15F3N4O3. The second-order valence-corrected chi connectivity index (χ2v) is 4.82. The van der Waals surface area contributed by atoms with Crippen molar-refractivity contribution in [1.29, 1.82) is 0 Å². The highest BCUT2D eigenvalue weighted by atomic mass is 19.4. The lowest BCUT2D eigenvalue weighted by atomic mass is 10.0. The fourth-order valence-corrected chi connectivity index (χ4v) is 2.17. The van der Waals surface area contributed by atoms with Gasteiger partial charge in [0.2, 0.25) is 0 Å². The van der Waals surface area contributed by atoms with Crippen molar-refractivity contribution < 1.29 is 22.8 Å². The predicted octanol–water partition coefficient (Wildman–Crippen LogP) is 2.16. The van der Waals surface area contributed by atoms with E-state index in [0.717, 1.165) is 0 Å². The number of anilines is 2. The summed E-state index contributed by atoms with van der Waals surface area (Å²) in [6, 6.07) is 0.463. The second-order valence-electron chi connectivity index (χ2n) is 4.82. The number of rotatable bonds is 3. The van der Waals surface area contributed by atoms with Crippen molar-refractivity contribution in [1.82, 2.24) is 5.01 Å². The molecule has 1 fully saturated rings. The number of nitrogen functional groups attached to an aromatic ring is 1. The van der Waals surface area contributed by atoms with Crippen LogP contribution < -0.4 is 11.2 Å². The third-order valence-electron chi connectivity index (χ3n) is 3.39. The van der Waals surface area contributed by atoms with E-state index in [4.69, 9.17) is 10.5 Å². The van der Waals surface area contributed by atoms with Crippen molar-refractivity contribution in [2.45, 2.75) is 13.1 Å². The summed E-state index contributed by atoms with van der Waals surface area (Å²) in [7, 11) is 0. The van der Waals surface area contributed by atoms with E-state index < -0.39 is 28.0 Å². The highest BCUT2D eigenvalue weighted by Gasteiger charge is 2.37. The molecule has 0 spiro atoms. The highest BCUT2D eigenvalue weighted by molar-refractivity contribution is 5.76. The molecule has 1 heterocycles. The molecule has 0 unspecified atom stereocenters. The van der Waals surface area contributed by atoms with Crippen LogP contribution in [0.4, 0.5) is 30.2 Å². The van der Waals surface area contributed by atoms with Gasteiger partial charge in [0.25, 0.3) is 5.69 Å². The summed E-state index contributed by atoms with van der Waals surface area (Å²) < 4.78 is 43.9. The van der Waals surface area contributed by atoms with Gasteiger partial charge in [0, 0.05) is 30.4 Å². The van der Waals surface area contributed by atoms with Crippen LogP contribution in [0.15, 0.2) is 6.07 Å². The smallest absolute Gasteiger partial charge is 0.398 e. The van der Waals surface area contributed by atoms with Crippen LogP contribution in [0.25, 0.3) is 0 Å². The van der Waals surface area contributed by atoms with Crippen molar-refractivity contribution in [3.63, 3.8) is 0 Å². The van der Waals surface area contributed by atoms with Crippen molar-refractivity contribution in [3.8, 4) is 0 Å². The van der Waals surface area contributed by atoms with Gasteiger partial charge in [0.05, 0.1) is 23.7 Å². The molecule has 1 aromatic carbocycles. The molecule has 0 radical (unpaired) electrons. The quantitative estimate of drug-likeness (QED) is 0.503. The van der Waals surface area contributed by atoms with E-state index in [1.54, 1.807) is 5.01 Å². The van der Waals surface area contributed by atoms with Gasteiger partial charge in [0.1, 0.15) is 5.69 Å². The molecular weight excluding hydrogens is 305 g/mol. The zero-order chi connectivity index (χ0) is 16.5. The van der Waals surface area contributed by atoms with E-state index in [2.05, 4.69) is 5.43 Å². The number of hydrogen-bond acceptors (Lipinski definition) is 6. The lowest BCUT2D eigenvalue weighted by Gasteiger charge is -2.29. The maximum atomic E-state index is 12.9. The zero-order valence-corrected chi connectivity index (χ0v) is 11.7. The molecule has 2 rings (SSSR count). The van der Waals surface area contributed by atoms with Crippen LogP contribution in [0.1, 0.15) is 11.1 Å². The van der Waals surface area contributed by atoms with Crippen LogP contribution in [0, 0.1) is 17.0 Å². The molecule has 3 N–H and O–H groups in total. The Morgan fingerprint density at radius 2 is 2.00 bits per heavy atom. The van der Waals surface area contributed by atoms with Crippen molar-refractivity contribution in [2.24, 2.45) is 0 Å². The number of benzene rings is 1. The normalized spacial score (nSPS) is 16.5. The number of nitrogens with two attached hydrogens (primary N) is 1. The lowest BCUT2D eigenvalue weighted by Crippen LogP contribution is -2.40. The van der Waals surface area contributed by atoms with E-state index >= 15 is 0 Å². The fraction of sp³-hybridized carbons (Fsp3) is 0.500. The predicted molar refractivity (Wildman–Crippen MR) is 73.3 cm³/mol. The van der Waals surface area contributed by atoms with Gasteiger partial charge in [-0.25, -0.2) is 5.01 Å². The molecule has 1 aromatic rings. The Bertz CT molecular complexity index is 586. The molecule has 10 heteroatoms. The number of morpholine rings is 1. The molecule has 0 aliphatic carbocycles. The highest BCUT2D eigenvalue weighted by Crippen LogP contribution is 2.42. The third kappa shape index (κ3) is 3.22. The molecule has 0 bridgehead atoms. The molecule has 0 saturated carbocycles. The number of halogens is 3. The zero-order valence-electron chi connectivity index (χ0n) is 11.7. The minimum absolute atomic E-state index is 0.00647. The number of nitrogens with zero attached hydrogens (tertiary/aromatic N) is 2. The molecule has 22 heavy (non-hydrogen) atoms. The van der Waals surface area contributed by atoms with Crippen LogP contribution in [-0.2, 0) is 10.9 Å². The number of hydrazine groups is 1. The summed E-state index contributed by atoms with van der Waals surface area (Å²) in [5.41, 5.74) is 5.88. The first-order valence-corrected chi connectivity index (χ1v) is 6.46. The van der Waals surface area contributed by atoms with Gasteiger partial charge >= 0.3 is 6.18 Å². The van der Waals surface area contributed by atoms with E-state index in [9.17, 15) is 23.3 Å². The minimum Gasteiger partial charge on any atom is -0.398 e. The summed E-state index contributed by atoms with van der Waals surface area (Å²) in [5.74, 6) is 0. The Hall–Kier alpha value is -2.07. The van der Waals surface area contributed by atoms with Crippen LogP contribution in [0.3, 0.4) is 0 Å². The van der Waals surface area contributed by atoms with Crippen LogP contribution in [0.5, 0.6) is 0 Å². The first-order valence-electron chi connectivity index (χ1n) is 6.46. The summed E-state index contributed by atoms with van der Waals surface area (Å²) >= 11 is 0. The van der Waals surface area contributed by atoms with Crippen LogP contribution in [-0.4, -0.2) is 36.2 Å². The van der Waals surface area contributed by atoms with Crippen LogP contribution >= 0.6 is 0 Å². The van der Waals surface area contributed by atoms with E-state index in [0.29, 0.717) is 32.4 Å². The topological polar surface area (TPSA) is 93.7 Å². The maximum absolute atomic E-state index is 12.9. The van der Waals surface area contributed by atoms with Crippen LogP contribution in [0.2, 0.25) is 0 Å². The number of hydrogen-bond donors (Lipinski definition) is 2. The van der Waals surface area contributed by atoms with Crippen molar-refractivity contribution >= 4 is 17.1 Å². The third-order valence-corrected chi connectivity index (χ3v) is 3.39. The Morgan fingerprint density at radius 3 is 2.50 bits per heavy atom. The lowest BCUT2D eigenvalue weighted by molar-refractivity contribution is -0.384. The number of nitrogens with one attached hydrogen (secondary N) is 1. The average Bonchev–Trinajstić information content (AvgIpc) is 2.43. The fourth-order valence-electron chi connectivity index (χ4n) is 2.17.